The van der Waals surface area contributed by atoms with Crippen LogP contribution in [-0.4, -0.2) is 9.97 Å². The normalized spacial score (nSPS) is 11.6. The van der Waals surface area contributed by atoms with Crippen molar-refractivity contribution in [3.8, 4) is 0 Å². The number of rotatable bonds is 0. The summed E-state index contributed by atoms with van der Waals surface area (Å²) in [5, 5.41) is 0. The molecule has 3 heteroatoms. The van der Waals surface area contributed by atoms with Gasteiger partial charge in [0.15, 0.2) is 0 Å². The Balaban J connectivity index is 0.000000220. The number of aryl methyl sites for hydroxylation is 1. The number of nitrogens with zero attached hydrogens (tertiary/aromatic N) is 1. The van der Waals surface area contributed by atoms with Crippen LogP contribution in [0.1, 0.15) is 58.6 Å². The van der Waals surface area contributed by atoms with E-state index in [0.717, 1.165) is 17.1 Å². The first-order chi connectivity index (χ1) is 10.00. The molecule has 0 saturated heterocycles. The number of aromatic nitrogens is 2. The summed E-state index contributed by atoms with van der Waals surface area (Å²) < 4.78 is 0. The van der Waals surface area contributed by atoms with Gasteiger partial charge in [0.1, 0.15) is 0 Å². The molecule has 0 fully saturated rings. The highest BCUT2D eigenvalue weighted by molar-refractivity contribution is 5.16. The molecule has 2 aromatic rings. The van der Waals surface area contributed by atoms with Crippen LogP contribution in [0, 0.1) is 6.92 Å². The maximum atomic E-state index is 10.9. The van der Waals surface area contributed by atoms with E-state index < -0.39 is 0 Å². The van der Waals surface area contributed by atoms with Crippen LogP contribution in [0.3, 0.4) is 0 Å². The van der Waals surface area contributed by atoms with Crippen LogP contribution in [-0.2, 0) is 10.8 Å². The van der Waals surface area contributed by atoms with Gasteiger partial charge in [-0.25, -0.2) is 0 Å². The summed E-state index contributed by atoms with van der Waals surface area (Å²) in [6, 6.07) is 11.4. The molecule has 3 nitrogen and oxygen atoms in total. The number of hydrogen-bond donors (Lipinski definition) is 1. The molecule has 0 bridgehead atoms. The average Bonchev–Trinajstić information content (AvgIpc) is 2.37. The third-order valence-electron chi connectivity index (χ3n) is 3.23. The molecule has 0 unspecified atom stereocenters. The van der Waals surface area contributed by atoms with Gasteiger partial charge < -0.3 is 4.98 Å². The van der Waals surface area contributed by atoms with Gasteiger partial charge in [-0.05, 0) is 25.1 Å². The Bertz CT molecular complexity index is 658. The summed E-state index contributed by atoms with van der Waals surface area (Å²) in [6.07, 6.45) is 0. The van der Waals surface area contributed by atoms with Crippen LogP contribution in [0.4, 0.5) is 0 Å². The average molecular weight is 300 g/mol. The van der Waals surface area contributed by atoms with Crippen molar-refractivity contribution >= 4 is 0 Å². The number of hydrogen-bond acceptors (Lipinski definition) is 2. The van der Waals surface area contributed by atoms with Gasteiger partial charge in [-0.2, -0.15) is 0 Å². The zero-order valence-corrected chi connectivity index (χ0v) is 14.8. The SMILES string of the molecule is CC(C)(C)c1cccc(=O)[nH]1.Cc1cccc(C(C)(C)C)n1. The fraction of sp³-hybridized carbons (Fsp3) is 0.474. The molecule has 2 heterocycles. The summed E-state index contributed by atoms with van der Waals surface area (Å²) in [6.45, 7) is 14.8. The number of pyridine rings is 2. The molecule has 0 amide bonds. The Labute approximate surface area is 133 Å². The lowest BCUT2D eigenvalue weighted by Crippen LogP contribution is -2.18. The monoisotopic (exact) mass is 300 g/mol. The zero-order chi connectivity index (χ0) is 17.0. The van der Waals surface area contributed by atoms with Crippen molar-refractivity contribution in [3.63, 3.8) is 0 Å². The van der Waals surface area contributed by atoms with Crippen molar-refractivity contribution in [1.29, 1.82) is 0 Å². The van der Waals surface area contributed by atoms with Crippen molar-refractivity contribution in [1.82, 2.24) is 9.97 Å². The Morgan fingerprint density at radius 3 is 1.82 bits per heavy atom. The van der Waals surface area contributed by atoms with Gasteiger partial charge in [0, 0.05) is 34.0 Å². The second-order valence-electron chi connectivity index (χ2n) is 7.59. The summed E-state index contributed by atoms with van der Waals surface area (Å²) in [4.78, 5) is 18.1. The third kappa shape index (κ3) is 5.84. The van der Waals surface area contributed by atoms with Gasteiger partial charge in [-0.1, -0.05) is 53.7 Å². The van der Waals surface area contributed by atoms with E-state index in [-0.39, 0.29) is 16.4 Å². The molecule has 0 aliphatic rings. The molecule has 0 radical (unpaired) electrons. The lowest BCUT2D eigenvalue weighted by Gasteiger charge is -2.17. The first kappa shape index (κ1) is 18.1. The lowest BCUT2D eigenvalue weighted by molar-refractivity contribution is 0.567. The second kappa shape index (κ2) is 6.91. The standard InChI is InChI=1S/C10H15N.C9H13NO/c1-8-6-5-7-9(11-8)10(2,3)4;1-9(2,3)7-5-4-6-8(11)10-7/h5-7H,1-4H3;4-6H,1-3H3,(H,10,11). The fourth-order valence-electron chi connectivity index (χ4n) is 1.85. The topological polar surface area (TPSA) is 45.8 Å². The smallest absolute Gasteiger partial charge is 0.248 e. The van der Waals surface area contributed by atoms with E-state index in [1.165, 1.54) is 6.07 Å². The zero-order valence-electron chi connectivity index (χ0n) is 14.8. The van der Waals surface area contributed by atoms with Crippen LogP contribution in [0.15, 0.2) is 41.2 Å². The van der Waals surface area contributed by atoms with Crippen molar-refractivity contribution in [2.75, 3.05) is 0 Å². The van der Waals surface area contributed by atoms with Crippen LogP contribution in [0.25, 0.3) is 0 Å². The second-order valence-corrected chi connectivity index (χ2v) is 7.59. The molecule has 1 N–H and O–H groups in total. The molecule has 0 aliphatic heterocycles. The van der Waals surface area contributed by atoms with Crippen molar-refractivity contribution in [2.24, 2.45) is 0 Å². The van der Waals surface area contributed by atoms with Crippen molar-refractivity contribution in [3.05, 3.63) is 63.8 Å². The minimum absolute atomic E-state index is 0.0282. The van der Waals surface area contributed by atoms with E-state index in [1.807, 2.05) is 19.1 Å². The van der Waals surface area contributed by atoms with E-state index in [0.29, 0.717) is 0 Å². The molecule has 2 rings (SSSR count). The molecular weight excluding hydrogens is 272 g/mol. The lowest BCUT2D eigenvalue weighted by atomic mass is 9.91. The van der Waals surface area contributed by atoms with E-state index in [1.54, 1.807) is 6.07 Å². The van der Waals surface area contributed by atoms with E-state index in [9.17, 15) is 4.79 Å². The van der Waals surface area contributed by atoms with Gasteiger partial charge in [0.25, 0.3) is 0 Å². The first-order valence-electron chi connectivity index (χ1n) is 7.64. The van der Waals surface area contributed by atoms with Gasteiger partial charge in [-0.3, -0.25) is 9.78 Å². The van der Waals surface area contributed by atoms with Crippen molar-refractivity contribution in [2.45, 2.75) is 59.3 Å². The predicted octanol–water partition coefficient (Wildman–Crippen LogP) is 4.36. The summed E-state index contributed by atoms with van der Waals surface area (Å²) in [5.74, 6) is 0. The molecule has 0 spiro atoms. The molecule has 0 aromatic carbocycles. The van der Waals surface area contributed by atoms with Crippen molar-refractivity contribution < 1.29 is 0 Å². The molecule has 0 saturated carbocycles. The van der Waals surface area contributed by atoms with Crippen LogP contribution in [0.5, 0.6) is 0 Å². The van der Waals surface area contributed by atoms with Crippen LogP contribution < -0.4 is 5.56 Å². The van der Waals surface area contributed by atoms with E-state index in [2.05, 4.69) is 63.6 Å². The highest BCUT2D eigenvalue weighted by Gasteiger charge is 2.14. The fourth-order valence-corrected chi connectivity index (χ4v) is 1.85. The van der Waals surface area contributed by atoms with Crippen LogP contribution in [0.2, 0.25) is 0 Å². The molecule has 0 atom stereocenters. The Hall–Kier alpha value is -1.90. The van der Waals surface area contributed by atoms with Gasteiger partial charge in [0.2, 0.25) is 5.56 Å². The van der Waals surface area contributed by atoms with E-state index >= 15 is 0 Å². The predicted molar refractivity (Wildman–Crippen MR) is 93.4 cm³/mol. The summed E-state index contributed by atoms with van der Waals surface area (Å²) in [5.41, 5.74) is 3.41. The number of H-pyrrole nitrogens is 1. The van der Waals surface area contributed by atoms with Crippen LogP contribution >= 0.6 is 0 Å². The molecule has 2 aromatic heterocycles. The highest BCUT2D eigenvalue weighted by atomic mass is 16.1. The summed E-state index contributed by atoms with van der Waals surface area (Å²) in [7, 11) is 0. The minimum Gasteiger partial charge on any atom is -0.326 e. The Morgan fingerprint density at radius 1 is 0.864 bits per heavy atom. The molecule has 22 heavy (non-hydrogen) atoms. The Kier molecular flexibility index (Phi) is 5.70. The number of aromatic amines is 1. The first-order valence-corrected chi connectivity index (χ1v) is 7.64. The third-order valence-corrected chi connectivity index (χ3v) is 3.23. The van der Waals surface area contributed by atoms with Gasteiger partial charge >= 0.3 is 0 Å². The Morgan fingerprint density at radius 2 is 1.45 bits per heavy atom. The molecule has 120 valence electrons. The molecular formula is C19H28N2O. The largest absolute Gasteiger partial charge is 0.326 e. The minimum atomic E-state index is -0.0302. The van der Waals surface area contributed by atoms with Gasteiger partial charge in [-0.15, -0.1) is 0 Å². The quantitative estimate of drug-likeness (QED) is 0.785. The summed E-state index contributed by atoms with van der Waals surface area (Å²) >= 11 is 0. The maximum absolute atomic E-state index is 10.9. The number of nitrogens with one attached hydrogen (secondary N) is 1. The van der Waals surface area contributed by atoms with Gasteiger partial charge in [0.05, 0.1) is 0 Å². The molecule has 0 aliphatic carbocycles. The highest BCUT2D eigenvalue weighted by Crippen LogP contribution is 2.19. The van der Waals surface area contributed by atoms with E-state index in [4.69, 9.17) is 0 Å². The maximum Gasteiger partial charge on any atom is 0.248 e.